The smallest absolute Gasteiger partial charge is 0.332 e. The normalized spacial score (nSPS) is 16.5. The Labute approximate surface area is 220 Å². The molecular weight excluding hydrogens is 451 g/mol. The molecule has 0 fully saturated rings. The van der Waals surface area contributed by atoms with Crippen LogP contribution in [0, 0.1) is 11.8 Å². The van der Waals surface area contributed by atoms with Gasteiger partial charge in [-0.15, -0.1) is 0 Å². The van der Waals surface area contributed by atoms with Gasteiger partial charge >= 0.3 is 7.40 Å². The summed E-state index contributed by atoms with van der Waals surface area (Å²) in [6.45, 7) is 14.4. The minimum atomic E-state index is -2.56. The zero-order valence-corrected chi connectivity index (χ0v) is 23.6. The molecule has 0 radical (unpaired) electrons. The molecule has 0 N–H and O–H groups in total. The number of hydrogen-bond acceptors (Lipinski definition) is 2. The molecule has 6 heteroatoms. The summed E-state index contributed by atoms with van der Waals surface area (Å²) in [5, 5.41) is 0. The summed E-state index contributed by atoms with van der Waals surface area (Å²) in [5.41, 5.74) is 3.62. The first-order valence-corrected chi connectivity index (χ1v) is 14.2. The Hall–Kier alpha value is -1.95. The number of nitrogens with zero attached hydrogens (tertiary/aromatic N) is 3. The van der Waals surface area contributed by atoms with E-state index in [9.17, 15) is 8.63 Å². The quantitative estimate of drug-likeness (QED) is 0.169. The average Bonchev–Trinajstić information content (AvgIpc) is 2.88. The summed E-state index contributed by atoms with van der Waals surface area (Å²) in [6, 6.07) is 4.27. The van der Waals surface area contributed by atoms with E-state index in [1.165, 1.54) is 63.1 Å². The van der Waals surface area contributed by atoms with Crippen molar-refractivity contribution in [3.63, 3.8) is 0 Å². The topological polar surface area (TPSA) is 10.4 Å². The van der Waals surface area contributed by atoms with E-state index in [0.717, 1.165) is 47.5 Å². The Bertz CT molecular complexity index is 863. The third-order valence-electron chi connectivity index (χ3n) is 7.59. The van der Waals surface area contributed by atoms with Crippen LogP contribution < -0.4 is 4.57 Å². The molecule has 0 saturated heterocycles. The number of aromatic nitrogens is 1. The third kappa shape index (κ3) is 9.17. The van der Waals surface area contributed by atoms with Crippen molar-refractivity contribution in [2.75, 3.05) is 13.1 Å². The molecule has 2 heterocycles. The number of halogens is 2. The van der Waals surface area contributed by atoms with Crippen molar-refractivity contribution in [2.24, 2.45) is 18.9 Å². The van der Waals surface area contributed by atoms with Crippen molar-refractivity contribution in [1.82, 2.24) is 9.71 Å². The number of allylic oxidation sites excluding steroid dienone is 4. The summed E-state index contributed by atoms with van der Waals surface area (Å²) < 4.78 is 29.2. The van der Waals surface area contributed by atoms with Crippen LogP contribution in [0.4, 0.5) is 8.63 Å². The second-order valence-electron chi connectivity index (χ2n) is 10.5. The molecule has 0 aliphatic carbocycles. The van der Waals surface area contributed by atoms with Crippen LogP contribution >= 0.6 is 0 Å². The number of rotatable bonds is 16. The predicted octanol–water partition coefficient (Wildman–Crippen LogP) is 7.79. The first-order valence-electron chi connectivity index (χ1n) is 14.2. The highest BCUT2D eigenvalue weighted by Crippen LogP contribution is 2.25. The summed E-state index contributed by atoms with van der Waals surface area (Å²) >= 11 is 0. The Morgan fingerprint density at radius 2 is 1.58 bits per heavy atom. The fraction of sp³-hybridized carbons (Fsp3) is 0.633. The molecule has 2 unspecified atom stereocenters. The molecule has 0 saturated carbocycles. The zero-order chi connectivity index (χ0) is 26.5. The van der Waals surface area contributed by atoms with Gasteiger partial charge in [-0.05, 0) is 56.0 Å². The highest BCUT2D eigenvalue weighted by molar-refractivity contribution is 6.40. The second kappa shape index (κ2) is 16.0. The van der Waals surface area contributed by atoms with Crippen molar-refractivity contribution in [2.45, 2.75) is 92.5 Å². The van der Waals surface area contributed by atoms with Crippen LogP contribution in [0.15, 0.2) is 48.5 Å². The second-order valence-corrected chi connectivity index (χ2v) is 10.5. The lowest BCUT2D eigenvalue weighted by molar-refractivity contribution is -0.674. The van der Waals surface area contributed by atoms with E-state index in [4.69, 9.17) is 0 Å². The molecule has 1 aromatic heterocycles. The van der Waals surface area contributed by atoms with E-state index in [2.05, 4.69) is 55.5 Å². The van der Waals surface area contributed by atoms with Crippen molar-refractivity contribution in [1.29, 1.82) is 0 Å². The van der Waals surface area contributed by atoms with Gasteiger partial charge in [0.05, 0.1) is 0 Å². The van der Waals surface area contributed by atoms with Crippen LogP contribution in [-0.2, 0) is 13.6 Å². The highest BCUT2D eigenvalue weighted by atomic mass is 19.2. The molecule has 1 aliphatic rings. The van der Waals surface area contributed by atoms with Gasteiger partial charge in [-0.3, -0.25) is 13.5 Å². The molecule has 2 atom stereocenters. The van der Waals surface area contributed by atoms with Gasteiger partial charge in [0.2, 0.25) is 5.69 Å². The summed E-state index contributed by atoms with van der Waals surface area (Å²) in [5.74, 6) is 1.47. The van der Waals surface area contributed by atoms with Crippen LogP contribution in [0.5, 0.6) is 0 Å². The van der Waals surface area contributed by atoms with Crippen LogP contribution in [-0.4, -0.2) is 30.2 Å². The standard InChI is InChI=1S/C30H49BF2N3/c1-7-11-15-26(9-3)22-35(23-27(10-4)16-12-8-2)24-28-18-19-29(34(6)21-28)25(5)30-17-13-14-20-36(30)31(32)33/h13-14,17-21,26-27H,7-12,15-16,22-24H2,1-6H3/q+1. The molecule has 3 nitrogen and oxygen atoms in total. The average molecular weight is 501 g/mol. The molecule has 0 aromatic carbocycles. The lowest BCUT2D eigenvalue weighted by Gasteiger charge is -2.30. The maximum absolute atomic E-state index is 13.6. The number of hydrogen-bond donors (Lipinski definition) is 0. The number of pyridine rings is 1. The van der Waals surface area contributed by atoms with Crippen molar-refractivity contribution >= 4 is 13.0 Å². The van der Waals surface area contributed by atoms with Crippen LogP contribution in [0.1, 0.15) is 97.2 Å². The molecule has 2 rings (SSSR count). The molecule has 0 amide bonds. The number of unbranched alkanes of at least 4 members (excludes halogenated alkanes) is 2. The molecular formula is C30H49BF2N3+. The van der Waals surface area contributed by atoms with Crippen LogP contribution in [0.2, 0.25) is 0 Å². The zero-order valence-electron chi connectivity index (χ0n) is 23.6. The van der Waals surface area contributed by atoms with Gasteiger partial charge in [0.15, 0.2) is 6.20 Å². The van der Waals surface area contributed by atoms with Gasteiger partial charge in [-0.1, -0.05) is 72.3 Å². The summed E-state index contributed by atoms with van der Waals surface area (Å²) in [7, 11) is -0.540. The van der Waals surface area contributed by atoms with E-state index in [1.807, 2.05) is 20.0 Å². The van der Waals surface area contributed by atoms with Gasteiger partial charge in [-0.25, -0.2) is 4.57 Å². The monoisotopic (exact) mass is 500 g/mol. The van der Waals surface area contributed by atoms with Crippen LogP contribution in [0.25, 0.3) is 5.57 Å². The molecule has 36 heavy (non-hydrogen) atoms. The molecule has 200 valence electrons. The Kier molecular flexibility index (Phi) is 13.5. The Balaban J connectivity index is 2.26. The van der Waals surface area contributed by atoms with Gasteiger partial charge in [-0.2, -0.15) is 0 Å². The van der Waals surface area contributed by atoms with Gasteiger partial charge in [0.1, 0.15) is 7.05 Å². The Morgan fingerprint density at radius 3 is 2.08 bits per heavy atom. The minimum Gasteiger partial charge on any atom is -0.332 e. The van der Waals surface area contributed by atoms with Gasteiger partial charge in [0.25, 0.3) is 0 Å². The van der Waals surface area contributed by atoms with Crippen LogP contribution in [0.3, 0.4) is 0 Å². The van der Waals surface area contributed by atoms with E-state index in [0.29, 0.717) is 5.70 Å². The first kappa shape index (κ1) is 30.3. The largest absolute Gasteiger partial charge is 0.677 e. The SMILES string of the molecule is CCCCC(CC)CN(Cc1ccc(C(C)=C2C=CC=CN2B(F)F)[n+](C)c1)CC(CC)CCCC. The lowest BCUT2D eigenvalue weighted by atomic mass is 9.95. The third-order valence-corrected chi connectivity index (χ3v) is 7.59. The maximum Gasteiger partial charge on any atom is 0.677 e. The van der Waals surface area contributed by atoms with Crippen molar-refractivity contribution in [3.8, 4) is 0 Å². The van der Waals surface area contributed by atoms with Gasteiger partial charge < -0.3 is 4.81 Å². The highest BCUT2D eigenvalue weighted by Gasteiger charge is 2.28. The molecule has 0 bridgehead atoms. The molecule has 1 aliphatic heterocycles. The first-order chi connectivity index (χ1) is 17.3. The van der Waals surface area contributed by atoms with E-state index in [1.54, 1.807) is 12.2 Å². The van der Waals surface area contributed by atoms with E-state index >= 15 is 0 Å². The minimum absolute atomic E-state index is 0.543. The summed E-state index contributed by atoms with van der Waals surface area (Å²) in [6.07, 6.45) is 19.0. The fourth-order valence-electron chi connectivity index (χ4n) is 5.25. The predicted molar refractivity (Wildman–Crippen MR) is 150 cm³/mol. The number of aryl methyl sites for hydroxylation is 1. The van der Waals surface area contributed by atoms with Gasteiger partial charge in [0, 0.05) is 42.5 Å². The van der Waals surface area contributed by atoms with Crippen molar-refractivity contribution < 1.29 is 13.2 Å². The van der Waals surface area contributed by atoms with E-state index in [-0.39, 0.29) is 0 Å². The fourth-order valence-corrected chi connectivity index (χ4v) is 5.25. The maximum atomic E-state index is 13.6. The summed E-state index contributed by atoms with van der Waals surface area (Å²) in [4.78, 5) is 3.72. The van der Waals surface area contributed by atoms with E-state index < -0.39 is 7.40 Å². The lowest BCUT2D eigenvalue weighted by Crippen LogP contribution is -2.37. The van der Waals surface area contributed by atoms with Crippen molar-refractivity contribution in [3.05, 3.63) is 59.7 Å². The molecule has 0 spiro atoms. The Morgan fingerprint density at radius 1 is 0.972 bits per heavy atom. The molecule has 1 aromatic rings.